The maximum atomic E-state index is 12.0. The Labute approximate surface area is 161 Å². The zero-order chi connectivity index (χ0) is 19.2. The Morgan fingerprint density at radius 2 is 2.07 bits per heavy atom. The Morgan fingerprint density at radius 1 is 1.18 bits per heavy atom. The highest BCUT2D eigenvalue weighted by Crippen LogP contribution is 2.31. The standard InChI is InChI=1S/C20H21N3O5/c24-18(8-3-9-19-22-20(23-28-19)17-7-4-12-25-17)21-11-10-14-13-26-15-5-1-2-6-16(15)27-14/h1-2,4-7,12,14H,3,8-11,13H2,(H,21,24)/t14-/m1/s1. The molecule has 0 saturated carbocycles. The van der Waals surface area contributed by atoms with Crippen LogP contribution in [-0.2, 0) is 11.2 Å². The number of fused-ring (bicyclic) bond motifs is 1. The number of aromatic nitrogens is 2. The molecule has 0 aliphatic carbocycles. The van der Waals surface area contributed by atoms with E-state index in [9.17, 15) is 4.79 Å². The van der Waals surface area contributed by atoms with Gasteiger partial charge in [0.05, 0.1) is 6.26 Å². The number of nitrogens with zero attached hydrogens (tertiary/aromatic N) is 2. The van der Waals surface area contributed by atoms with E-state index < -0.39 is 0 Å². The number of para-hydroxylation sites is 2. The number of amides is 1. The van der Waals surface area contributed by atoms with Crippen molar-refractivity contribution in [3.63, 3.8) is 0 Å². The molecule has 0 spiro atoms. The van der Waals surface area contributed by atoms with Crippen LogP contribution in [0.4, 0.5) is 0 Å². The molecule has 1 aliphatic rings. The minimum Gasteiger partial charge on any atom is -0.486 e. The Bertz CT molecular complexity index is 906. The Kier molecular flexibility index (Phi) is 5.56. The molecule has 0 fully saturated rings. The zero-order valence-electron chi connectivity index (χ0n) is 15.3. The average Bonchev–Trinajstić information content (AvgIpc) is 3.40. The lowest BCUT2D eigenvalue weighted by atomic mass is 10.2. The molecule has 1 amide bonds. The van der Waals surface area contributed by atoms with E-state index in [1.54, 1.807) is 18.4 Å². The van der Waals surface area contributed by atoms with Crippen LogP contribution in [0.1, 0.15) is 25.2 Å². The van der Waals surface area contributed by atoms with Gasteiger partial charge in [0.1, 0.15) is 12.7 Å². The molecule has 1 aliphatic heterocycles. The Hall–Kier alpha value is -3.29. The van der Waals surface area contributed by atoms with Crippen LogP contribution in [0.15, 0.2) is 51.6 Å². The number of furan rings is 1. The van der Waals surface area contributed by atoms with Crippen LogP contribution in [0.3, 0.4) is 0 Å². The van der Waals surface area contributed by atoms with E-state index in [1.165, 1.54) is 0 Å². The van der Waals surface area contributed by atoms with Crippen molar-refractivity contribution in [3.8, 4) is 23.1 Å². The first-order valence-electron chi connectivity index (χ1n) is 9.29. The van der Waals surface area contributed by atoms with Gasteiger partial charge in [0.25, 0.3) is 0 Å². The van der Waals surface area contributed by atoms with E-state index in [1.807, 2.05) is 24.3 Å². The third-order valence-corrected chi connectivity index (χ3v) is 4.36. The van der Waals surface area contributed by atoms with Gasteiger partial charge in [-0.05, 0) is 30.7 Å². The second-order valence-electron chi connectivity index (χ2n) is 6.48. The molecule has 0 unspecified atom stereocenters. The highest BCUT2D eigenvalue weighted by atomic mass is 16.6. The monoisotopic (exact) mass is 383 g/mol. The van der Waals surface area contributed by atoms with Gasteiger partial charge in [-0.1, -0.05) is 17.3 Å². The topological polar surface area (TPSA) is 99.6 Å². The van der Waals surface area contributed by atoms with Gasteiger partial charge in [0.15, 0.2) is 17.3 Å². The summed E-state index contributed by atoms with van der Waals surface area (Å²) in [7, 11) is 0. The molecule has 8 heteroatoms. The van der Waals surface area contributed by atoms with E-state index in [-0.39, 0.29) is 12.0 Å². The van der Waals surface area contributed by atoms with E-state index >= 15 is 0 Å². The molecular formula is C20H21N3O5. The molecule has 0 bridgehead atoms. The van der Waals surface area contributed by atoms with E-state index in [0.29, 0.717) is 56.3 Å². The van der Waals surface area contributed by atoms with Crippen molar-refractivity contribution in [2.24, 2.45) is 0 Å². The van der Waals surface area contributed by atoms with Gasteiger partial charge in [0.2, 0.25) is 17.6 Å². The predicted octanol–water partition coefficient (Wildman–Crippen LogP) is 3.00. The summed E-state index contributed by atoms with van der Waals surface area (Å²) in [6.45, 7) is 1.03. The lowest BCUT2D eigenvalue weighted by molar-refractivity contribution is -0.121. The van der Waals surface area contributed by atoms with Gasteiger partial charge in [-0.15, -0.1) is 0 Å². The maximum absolute atomic E-state index is 12.0. The van der Waals surface area contributed by atoms with Gasteiger partial charge in [-0.2, -0.15) is 4.98 Å². The molecule has 1 atom stereocenters. The van der Waals surface area contributed by atoms with Gasteiger partial charge in [0, 0.05) is 25.8 Å². The first kappa shape index (κ1) is 18.1. The van der Waals surface area contributed by atoms with Crippen LogP contribution in [0.2, 0.25) is 0 Å². The molecule has 2 aromatic heterocycles. The number of carbonyl (C=O) groups excluding carboxylic acids is 1. The van der Waals surface area contributed by atoms with Crippen LogP contribution in [-0.4, -0.2) is 35.3 Å². The summed E-state index contributed by atoms with van der Waals surface area (Å²) in [5, 5.41) is 6.78. The predicted molar refractivity (Wildman–Crippen MR) is 98.9 cm³/mol. The average molecular weight is 383 g/mol. The van der Waals surface area contributed by atoms with E-state index in [4.69, 9.17) is 18.4 Å². The highest BCUT2D eigenvalue weighted by Gasteiger charge is 2.20. The molecule has 1 aromatic carbocycles. The first-order chi connectivity index (χ1) is 13.8. The van der Waals surface area contributed by atoms with Crippen LogP contribution >= 0.6 is 0 Å². The molecular weight excluding hydrogens is 362 g/mol. The summed E-state index contributed by atoms with van der Waals surface area (Å²) in [5.74, 6) is 2.97. The smallest absolute Gasteiger partial charge is 0.238 e. The maximum Gasteiger partial charge on any atom is 0.238 e. The highest BCUT2D eigenvalue weighted by molar-refractivity contribution is 5.75. The lowest BCUT2D eigenvalue weighted by Crippen LogP contribution is -2.34. The van der Waals surface area contributed by atoms with Crippen LogP contribution in [0, 0.1) is 0 Å². The van der Waals surface area contributed by atoms with Crippen molar-refractivity contribution >= 4 is 5.91 Å². The third-order valence-electron chi connectivity index (χ3n) is 4.36. The summed E-state index contributed by atoms with van der Waals surface area (Å²) in [6.07, 6.45) is 3.74. The number of ether oxygens (including phenoxy) is 2. The van der Waals surface area contributed by atoms with Crippen molar-refractivity contribution in [2.45, 2.75) is 31.8 Å². The van der Waals surface area contributed by atoms with Crippen molar-refractivity contribution in [1.82, 2.24) is 15.5 Å². The zero-order valence-corrected chi connectivity index (χ0v) is 15.3. The number of hydrogen-bond donors (Lipinski definition) is 1. The number of carbonyl (C=O) groups is 1. The number of rotatable bonds is 8. The second-order valence-corrected chi connectivity index (χ2v) is 6.48. The summed E-state index contributed by atoms with van der Waals surface area (Å²) < 4.78 is 21.9. The largest absolute Gasteiger partial charge is 0.486 e. The molecule has 0 saturated heterocycles. The van der Waals surface area contributed by atoms with Gasteiger partial charge in [-0.25, -0.2) is 0 Å². The second kappa shape index (κ2) is 8.60. The van der Waals surface area contributed by atoms with Crippen LogP contribution < -0.4 is 14.8 Å². The van der Waals surface area contributed by atoms with Crippen LogP contribution in [0.25, 0.3) is 11.6 Å². The molecule has 4 rings (SSSR count). The number of hydrogen-bond acceptors (Lipinski definition) is 7. The SMILES string of the molecule is O=C(CCCc1nc(-c2ccco2)no1)NCC[C@@H]1COc2ccccc2O1. The Balaban J connectivity index is 1.13. The quantitative estimate of drug-likeness (QED) is 0.638. The van der Waals surface area contributed by atoms with Crippen molar-refractivity contribution in [1.29, 1.82) is 0 Å². The fourth-order valence-electron chi connectivity index (χ4n) is 2.93. The van der Waals surface area contributed by atoms with Crippen molar-refractivity contribution < 1.29 is 23.2 Å². The van der Waals surface area contributed by atoms with Crippen LogP contribution in [0.5, 0.6) is 11.5 Å². The summed E-state index contributed by atoms with van der Waals surface area (Å²) in [6, 6.07) is 11.1. The molecule has 0 radical (unpaired) electrons. The Morgan fingerprint density at radius 3 is 2.93 bits per heavy atom. The third kappa shape index (κ3) is 4.51. The number of benzene rings is 1. The minimum absolute atomic E-state index is 0.0112. The van der Waals surface area contributed by atoms with Gasteiger partial charge >= 0.3 is 0 Å². The molecule has 28 heavy (non-hydrogen) atoms. The minimum atomic E-state index is -0.0615. The van der Waals surface area contributed by atoms with Gasteiger partial charge < -0.3 is 23.7 Å². The number of nitrogens with one attached hydrogen (secondary N) is 1. The van der Waals surface area contributed by atoms with Crippen molar-refractivity contribution in [2.75, 3.05) is 13.2 Å². The van der Waals surface area contributed by atoms with Gasteiger partial charge in [-0.3, -0.25) is 4.79 Å². The number of aryl methyl sites for hydroxylation is 1. The van der Waals surface area contributed by atoms with Crippen molar-refractivity contribution in [3.05, 3.63) is 48.6 Å². The fourth-order valence-corrected chi connectivity index (χ4v) is 2.93. The molecule has 3 heterocycles. The fraction of sp³-hybridized carbons (Fsp3) is 0.350. The molecule has 3 aromatic rings. The summed E-state index contributed by atoms with van der Waals surface area (Å²) in [4.78, 5) is 16.3. The molecule has 1 N–H and O–H groups in total. The molecule has 8 nitrogen and oxygen atoms in total. The van der Waals surface area contributed by atoms with E-state index in [0.717, 1.165) is 11.5 Å². The lowest BCUT2D eigenvalue weighted by Gasteiger charge is -2.26. The summed E-state index contributed by atoms with van der Waals surface area (Å²) >= 11 is 0. The normalized spacial score (nSPS) is 15.4. The van der Waals surface area contributed by atoms with E-state index in [2.05, 4.69) is 15.5 Å². The first-order valence-corrected chi connectivity index (χ1v) is 9.29. The summed E-state index contributed by atoms with van der Waals surface area (Å²) in [5.41, 5.74) is 0. The molecule has 146 valence electrons.